The van der Waals surface area contributed by atoms with Crippen LogP contribution < -0.4 is 21.7 Å². The predicted molar refractivity (Wildman–Crippen MR) is 141 cm³/mol. The predicted octanol–water partition coefficient (Wildman–Crippen LogP) is 3.71. The van der Waals surface area contributed by atoms with Crippen molar-refractivity contribution in [3.8, 4) is 0 Å². The molecule has 0 radical (unpaired) electrons. The van der Waals surface area contributed by atoms with Gasteiger partial charge in [-0.25, -0.2) is 4.99 Å². The summed E-state index contributed by atoms with van der Waals surface area (Å²) < 4.78 is 5.27. The van der Waals surface area contributed by atoms with Crippen molar-refractivity contribution in [1.29, 1.82) is 0 Å². The van der Waals surface area contributed by atoms with Crippen molar-refractivity contribution >= 4 is 11.9 Å². The molecule has 7 nitrogen and oxygen atoms in total. The molecule has 5 N–H and O–H groups in total. The number of carbonyl (C=O) groups excluding carboxylic acids is 1. The van der Waals surface area contributed by atoms with Crippen molar-refractivity contribution in [1.82, 2.24) is 16.0 Å². The first-order valence-corrected chi connectivity index (χ1v) is 11.3. The molecule has 0 aromatic carbocycles. The second-order valence-corrected chi connectivity index (χ2v) is 7.66. The maximum Gasteiger partial charge on any atom is 0.222 e. The van der Waals surface area contributed by atoms with Gasteiger partial charge in [-0.15, -0.1) is 6.58 Å². The molecule has 0 saturated heterocycles. The van der Waals surface area contributed by atoms with Crippen molar-refractivity contribution in [2.24, 2.45) is 16.6 Å². The van der Waals surface area contributed by atoms with E-state index in [4.69, 9.17) is 15.5 Å². The van der Waals surface area contributed by atoms with Gasteiger partial charge in [0.15, 0.2) is 5.96 Å². The van der Waals surface area contributed by atoms with Crippen LogP contribution in [0.25, 0.3) is 0 Å². The maximum atomic E-state index is 11.5. The summed E-state index contributed by atoms with van der Waals surface area (Å²) in [7, 11) is 1.64. The number of hydrogen-bond donors (Lipinski definition) is 4. The van der Waals surface area contributed by atoms with E-state index in [1.165, 1.54) is 0 Å². The average Bonchev–Trinajstić information content (AvgIpc) is 2.77. The fourth-order valence-electron chi connectivity index (χ4n) is 2.73. The fraction of sp³-hybridized carbons (Fsp3) is 0.462. The molecule has 0 aliphatic carbocycles. The molecule has 2 atom stereocenters. The van der Waals surface area contributed by atoms with Crippen molar-refractivity contribution in [3.05, 3.63) is 72.6 Å². The second kappa shape index (κ2) is 18.5. The fourth-order valence-corrected chi connectivity index (χ4v) is 2.73. The van der Waals surface area contributed by atoms with E-state index < -0.39 is 0 Å². The number of guanidine groups is 1. The summed E-state index contributed by atoms with van der Waals surface area (Å²) >= 11 is 0. The highest BCUT2D eigenvalue weighted by Gasteiger charge is 2.12. The number of methoxy groups -OCH3 is 1. The Morgan fingerprint density at radius 1 is 1.30 bits per heavy atom. The molecule has 0 bridgehead atoms. The Morgan fingerprint density at radius 3 is 2.58 bits per heavy atom. The van der Waals surface area contributed by atoms with Gasteiger partial charge in [-0.3, -0.25) is 10.1 Å². The minimum Gasteiger partial charge on any atom is -0.497 e. The quantitative estimate of drug-likeness (QED) is 0.0538. The third kappa shape index (κ3) is 15.4. The molecule has 0 spiro atoms. The molecule has 2 unspecified atom stereocenters. The number of nitrogens with one attached hydrogen (secondary N) is 3. The first kappa shape index (κ1) is 29.9. The van der Waals surface area contributed by atoms with Crippen LogP contribution in [0.5, 0.6) is 0 Å². The summed E-state index contributed by atoms with van der Waals surface area (Å²) in [6.07, 6.45) is 15.2. The first-order valence-electron chi connectivity index (χ1n) is 11.3. The molecule has 0 heterocycles. The number of aliphatic imine (C=N–C) groups is 1. The molecular weight excluding hydrogens is 414 g/mol. The lowest BCUT2D eigenvalue weighted by Crippen LogP contribution is -2.46. The Labute approximate surface area is 200 Å². The molecule has 33 heavy (non-hydrogen) atoms. The number of allylic oxidation sites excluding steroid dienone is 6. The Balaban J connectivity index is 5.33. The summed E-state index contributed by atoms with van der Waals surface area (Å²) in [4.78, 5) is 16.3. The van der Waals surface area contributed by atoms with Crippen LogP contribution in [0.15, 0.2) is 77.6 Å². The van der Waals surface area contributed by atoms with Crippen molar-refractivity contribution in [3.63, 3.8) is 0 Å². The van der Waals surface area contributed by atoms with Crippen LogP contribution in [-0.2, 0) is 9.53 Å². The van der Waals surface area contributed by atoms with Gasteiger partial charge in [0, 0.05) is 12.6 Å². The van der Waals surface area contributed by atoms with Crippen LogP contribution in [0.1, 0.15) is 40.5 Å². The molecule has 0 aliphatic heterocycles. The highest BCUT2D eigenvalue weighted by molar-refractivity contribution is 5.80. The highest BCUT2D eigenvalue weighted by Crippen LogP contribution is 2.05. The van der Waals surface area contributed by atoms with Gasteiger partial charge in [0.1, 0.15) is 5.76 Å². The Morgan fingerprint density at radius 2 is 2.03 bits per heavy atom. The van der Waals surface area contributed by atoms with Gasteiger partial charge >= 0.3 is 0 Å². The molecule has 184 valence electrons. The van der Waals surface area contributed by atoms with Crippen LogP contribution in [0.2, 0.25) is 0 Å². The molecule has 0 aromatic rings. The van der Waals surface area contributed by atoms with E-state index in [0.717, 1.165) is 23.3 Å². The number of nitrogens with two attached hydrogens (primary N) is 1. The van der Waals surface area contributed by atoms with Gasteiger partial charge in [0.05, 0.1) is 26.2 Å². The minimum atomic E-state index is -0.344. The van der Waals surface area contributed by atoms with Crippen LogP contribution >= 0.6 is 0 Å². The zero-order valence-electron chi connectivity index (χ0n) is 21.0. The summed E-state index contributed by atoms with van der Waals surface area (Å²) in [5.41, 5.74) is 7.48. The number of amides is 1. The summed E-state index contributed by atoms with van der Waals surface area (Å²) in [6, 6.07) is 0.000220. The third-order valence-corrected chi connectivity index (χ3v) is 4.48. The maximum absolute atomic E-state index is 11.5. The van der Waals surface area contributed by atoms with E-state index in [2.05, 4.69) is 48.2 Å². The molecule has 0 aliphatic rings. The standard InChI is InChI=1S/C26H43N5O2/c1-8-11-13-22(16-20(4)5)17-29-26(31-21(6)14-15-24(10-3)33-7)30-19-28-18-23(12-9-2)25(27)32/h9-11,13-16,21,23,28H,2,4,8,12,17-19H2,1,3,5-7H3,(H2,27,32)(H2,29,30,31)/b13-11+,15-14-,22-16+,24-10+. The minimum absolute atomic E-state index is 0.000220. The summed E-state index contributed by atoms with van der Waals surface area (Å²) in [6.45, 7) is 17.0. The van der Waals surface area contributed by atoms with E-state index in [1.807, 2.05) is 45.1 Å². The molecule has 1 amide bonds. The van der Waals surface area contributed by atoms with E-state index in [0.29, 0.717) is 32.1 Å². The third-order valence-electron chi connectivity index (χ3n) is 4.48. The van der Waals surface area contributed by atoms with Crippen molar-refractivity contribution in [2.45, 2.75) is 46.6 Å². The molecule has 0 aromatic heterocycles. The van der Waals surface area contributed by atoms with E-state index in [1.54, 1.807) is 13.2 Å². The zero-order chi connectivity index (χ0) is 25.1. The molecule has 0 fully saturated rings. The number of ether oxygens (including phenoxy) is 1. The Kier molecular flexibility index (Phi) is 16.8. The van der Waals surface area contributed by atoms with Crippen molar-refractivity contribution in [2.75, 3.05) is 26.9 Å². The van der Waals surface area contributed by atoms with Gasteiger partial charge in [0.2, 0.25) is 5.91 Å². The van der Waals surface area contributed by atoms with E-state index >= 15 is 0 Å². The monoisotopic (exact) mass is 457 g/mol. The van der Waals surface area contributed by atoms with Crippen LogP contribution in [0, 0.1) is 5.92 Å². The summed E-state index contributed by atoms with van der Waals surface area (Å²) in [5, 5.41) is 9.84. The average molecular weight is 458 g/mol. The van der Waals surface area contributed by atoms with Gasteiger partial charge < -0.3 is 21.1 Å². The molecule has 0 rings (SSSR count). The topological polar surface area (TPSA) is 101 Å². The molecular formula is C26H43N5O2. The highest BCUT2D eigenvalue weighted by atomic mass is 16.5. The number of primary amides is 1. The first-order chi connectivity index (χ1) is 15.8. The van der Waals surface area contributed by atoms with Gasteiger partial charge in [-0.05, 0) is 51.3 Å². The molecule has 7 heteroatoms. The largest absolute Gasteiger partial charge is 0.497 e. The Bertz CT molecular complexity index is 763. The number of rotatable bonds is 16. The van der Waals surface area contributed by atoms with Crippen molar-refractivity contribution < 1.29 is 9.53 Å². The van der Waals surface area contributed by atoms with Crippen LogP contribution in [-0.4, -0.2) is 44.8 Å². The van der Waals surface area contributed by atoms with Gasteiger partial charge in [-0.2, -0.15) is 0 Å². The second-order valence-electron chi connectivity index (χ2n) is 7.66. The van der Waals surface area contributed by atoms with Gasteiger partial charge in [-0.1, -0.05) is 49.5 Å². The van der Waals surface area contributed by atoms with Crippen LogP contribution in [0.3, 0.4) is 0 Å². The van der Waals surface area contributed by atoms with E-state index in [9.17, 15) is 4.79 Å². The van der Waals surface area contributed by atoms with E-state index in [-0.39, 0.29) is 17.9 Å². The normalized spacial score (nSPS) is 14.9. The van der Waals surface area contributed by atoms with Crippen LogP contribution in [0.4, 0.5) is 0 Å². The SMILES string of the molecule is C=CCC(CNCNC(=NCC(/C=C/CC)=C/C(=C)C)NC(C)/C=C\C(=C/C)OC)C(N)=O. The number of carbonyl (C=O) groups is 1. The molecule has 0 saturated carbocycles. The summed E-state index contributed by atoms with van der Waals surface area (Å²) in [5.74, 6) is 0.782. The lowest BCUT2D eigenvalue weighted by molar-refractivity contribution is -0.121. The smallest absolute Gasteiger partial charge is 0.222 e. The number of hydrogen-bond acceptors (Lipinski definition) is 4. The Hall–Kier alpha value is -3.06. The lowest BCUT2D eigenvalue weighted by Gasteiger charge is -2.18. The zero-order valence-corrected chi connectivity index (χ0v) is 21.0. The van der Waals surface area contributed by atoms with Gasteiger partial charge in [0.25, 0.3) is 0 Å². The lowest BCUT2D eigenvalue weighted by atomic mass is 10.1. The number of nitrogens with zero attached hydrogens (tertiary/aromatic N) is 1.